The van der Waals surface area contributed by atoms with Crippen LogP contribution in [-0.4, -0.2) is 40.0 Å². The van der Waals surface area contributed by atoms with Gasteiger partial charge in [-0.25, -0.2) is 0 Å². The van der Waals surface area contributed by atoms with Crippen LogP contribution in [0, 0.1) is 5.92 Å². The van der Waals surface area contributed by atoms with Gasteiger partial charge >= 0.3 is 5.97 Å². The van der Waals surface area contributed by atoms with Crippen LogP contribution >= 0.6 is 0 Å². The lowest BCUT2D eigenvalue weighted by Crippen LogP contribution is -2.42. The van der Waals surface area contributed by atoms with E-state index in [9.17, 15) is 9.59 Å². The monoisotopic (exact) mass is 284 g/mol. The second-order valence-corrected chi connectivity index (χ2v) is 5.31. The van der Waals surface area contributed by atoms with E-state index in [2.05, 4.69) is 4.98 Å². The standard InChI is InChI=1S/C16H16N2O3/c19-15(18-9-3-5-12(10-18)16(20)21)14-13-6-2-1-4-11(13)7-8-17-14/h1-2,4,6-8,12H,3,5,9-10H2,(H,20,21)/t12-/m0/s1. The summed E-state index contributed by atoms with van der Waals surface area (Å²) in [5, 5.41) is 10.9. The number of pyridine rings is 1. The molecule has 2 aromatic rings. The SMILES string of the molecule is O=C(O)[C@H]1CCCN(C(=O)c2nccc3ccccc23)C1. The average molecular weight is 284 g/mol. The molecule has 1 N–H and O–H groups in total. The molecule has 1 aromatic heterocycles. The molecule has 3 rings (SSSR count). The molecule has 1 saturated heterocycles. The van der Waals surface area contributed by atoms with Gasteiger partial charge in [0, 0.05) is 24.7 Å². The van der Waals surface area contributed by atoms with Crippen molar-refractivity contribution in [2.45, 2.75) is 12.8 Å². The molecule has 1 aromatic carbocycles. The fourth-order valence-electron chi connectivity index (χ4n) is 2.80. The molecule has 0 radical (unpaired) electrons. The normalized spacial score (nSPS) is 18.7. The van der Waals surface area contributed by atoms with Crippen LogP contribution in [0.3, 0.4) is 0 Å². The first-order valence-corrected chi connectivity index (χ1v) is 7.02. The van der Waals surface area contributed by atoms with Crippen LogP contribution in [-0.2, 0) is 4.79 Å². The Morgan fingerprint density at radius 1 is 1.24 bits per heavy atom. The zero-order chi connectivity index (χ0) is 14.8. The van der Waals surface area contributed by atoms with Gasteiger partial charge < -0.3 is 10.0 Å². The number of rotatable bonds is 2. The number of carboxylic acids is 1. The molecule has 108 valence electrons. The Hall–Kier alpha value is -2.43. The average Bonchev–Trinajstić information content (AvgIpc) is 2.53. The highest BCUT2D eigenvalue weighted by Crippen LogP contribution is 2.22. The van der Waals surface area contributed by atoms with Crippen molar-refractivity contribution in [1.82, 2.24) is 9.88 Å². The molecule has 0 aliphatic carbocycles. The van der Waals surface area contributed by atoms with Crippen molar-refractivity contribution in [3.8, 4) is 0 Å². The number of carbonyl (C=O) groups is 2. The van der Waals surface area contributed by atoms with Gasteiger partial charge in [-0.05, 0) is 24.3 Å². The maximum atomic E-state index is 12.7. The molecule has 0 spiro atoms. The van der Waals surface area contributed by atoms with Crippen molar-refractivity contribution < 1.29 is 14.7 Å². The Morgan fingerprint density at radius 3 is 2.86 bits per heavy atom. The van der Waals surface area contributed by atoms with Gasteiger partial charge in [0.1, 0.15) is 5.69 Å². The van der Waals surface area contributed by atoms with E-state index in [1.54, 1.807) is 11.1 Å². The summed E-state index contributed by atoms with van der Waals surface area (Å²) in [5.74, 6) is -1.49. The largest absolute Gasteiger partial charge is 0.481 e. The molecule has 0 unspecified atom stereocenters. The Morgan fingerprint density at radius 2 is 2.05 bits per heavy atom. The van der Waals surface area contributed by atoms with Gasteiger partial charge in [-0.15, -0.1) is 0 Å². The van der Waals surface area contributed by atoms with Crippen molar-refractivity contribution in [1.29, 1.82) is 0 Å². The van der Waals surface area contributed by atoms with Crippen LogP contribution in [0.25, 0.3) is 10.8 Å². The predicted octanol–water partition coefficient (Wildman–Crippen LogP) is 2.17. The van der Waals surface area contributed by atoms with Crippen molar-refractivity contribution in [3.63, 3.8) is 0 Å². The van der Waals surface area contributed by atoms with Gasteiger partial charge in [-0.2, -0.15) is 0 Å². The first-order valence-electron chi connectivity index (χ1n) is 7.02. The van der Waals surface area contributed by atoms with E-state index in [4.69, 9.17) is 5.11 Å². The molecule has 2 heterocycles. The lowest BCUT2D eigenvalue weighted by Gasteiger charge is -2.30. The number of carbonyl (C=O) groups excluding carboxylic acids is 1. The summed E-state index contributed by atoms with van der Waals surface area (Å²) in [6.07, 6.45) is 2.96. The lowest BCUT2D eigenvalue weighted by atomic mass is 9.97. The molecule has 1 atom stereocenters. The zero-order valence-electron chi connectivity index (χ0n) is 11.5. The number of likely N-dealkylation sites (tertiary alicyclic amines) is 1. The maximum absolute atomic E-state index is 12.7. The molecule has 1 aliphatic heterocycles. The third-order valence-electron chi connectivity index (χ3n) is 3.93. The molecule has 1 aliphatic rings. The van der Waals surface area contributed by atoms with E-state index in [1.165, 1.54) is 0 Å². The molecular formula is C16H16N2O3. The molecule has 0 bridgehead atoms. The fraction of sp³-hybridized carbons (Fsp3) is 0.312. The highest BCUT2D eigenvalue weighted by Gasteiger charge is 2.29. The molecule has 5 nitrogen and oxygen atoms in total. The van der Waals surface area contributed by atoms with E-state index in [0.29, 0.717) is 25.1 Å². The van der Waals surface area contributed by atoms with E-state index in [1.807, 2.05) is 30.3 Å². The summed E-state index contributed by atoms with van der Waals surface area (Å²) in [7, 11) is 0. The summed E-state index contributed by atoms with van der Waals surface area (Å²) in [4.78, 5) is 29.6. The summed E-state index contributed by atoms with van der Waals surface area (Å²) in [6.45, 7) is 0.854. The minimum absolute atomic E-state index is 0.183. The van der Waals surface area contributed by atoms with E-state index in [-0.39, 0.29) is 12.5 Å². The first-order chi connectivity index (χ1) is 10.2. The number of aromatic nitrogens is 1. The fourth-order valence-corrected chi connectivity index (χ4v) is 2.80. The van der Waals surface area contributed by atoms with Crippen LogP contribution in [0.4, 0.5) is 0 Å². The summed E-state index contributed by atoms with van der Waals surface area (Å²) in [5.41, 5.74) is 0.402. The van der Waals surface area contributed by atoms with Gasteiger partial charge in [0.15, 0.2) is 0 Å². The van der Waals surface area contributed by atoms with Gasteiger partial charge in [0.25, 0.3) is 5.91 Å². The summed E-state index contributed by atoms with van der Waals surface area (Å²) >= 11 is 0. The third kappa shape index (κ3) is 2.59. The molecule has 21 heavy (non-hydrogen) atoms. The van der Waals surface area contributed by atoms with Crippen molar-refractivity contribution in [3.05, 3.63) is 42.2 Å². The van der Waals surface area contributed by atoms with Gasteiger partial charge in [-0.3, -0.25) is 14.6 Å². The summed E-state index contributed by atoms with van der Waals surface area (Å²) in [6, 6.07) is 9.45. The lowest BCUT2D eigenvalue weighted by molar-refractivity contribution is -0.143. The molecule has 1 amide bonds. The number of carboxylic acid groups (broad SMARTS) is 1. The van der Waals surface area contributed by atoms with Crippen LogP contribution in [0.1, 0.15) is 23.3 Å². The smallest absolute Gasteiger partial charge is 0.308 e. The van der Waals surface area contributed by atoms with Gasteiger partial charge in [-0.1, -0.05) is 24.3 Å². The number of fused-ring (bicyclic) bond motifs is 1. The predicted molar refractivity (Wildman–Crippen MR) is 78.0 cm³/mol. The quantitative estimate of drug-likeness (QED) is 0.917. The van der Waals surface area contributed by atoms with Crippen molar-refractivity contribution in [2.24, 2.45) is 5.92 Å². The Balaban J connectivity index is 1.92. The van der Waals surface area contributed by atoms with Crippen molar-refractivity contribution >= 4 is 22.6 Å². The zero-order valence-corrected chi connectivity index (χ0v) is 11.5. The Bertz CT molecular complexity index is 693. The number of nitrogens with zero attached hydrogens (tertiary/aromatic N) is 2. The van der Waals surface area contributed by atoms with E-state index < -0.39 is 11.9 Å². The van der Waals surface area contributed by atoms with E-state index in [0.717, 1.165) is 10.8 Å². The van der Waals surface area contributed by atoms with Gasteiger partial charge in [0.05, 0.1) is 5.92 Å². The number of amides is 1. The highest BCUT2D eigenvalue weighted by atomic mass is 16.4. The molecular weight excluding hydrogens is 268 g/mol. The number of piperidine rings is 1. The number of benzene rings is 1. The number of hydrogen-bond acceptors (Lipinski definition) is 3. The third-order valence-corrected chi connectivity index (χ3v) is 3.93. The second kappa shape index (κ2) is 5.52. The maximum Gasteiger partial charge on any atom is 0.308 e. The minimum Gasteiger partial charge on any atom is -0.481 e. The van der Waals surface area contributed by atoms with Crippen LogP contribution < -0.4 is 0 Å². The topological polar surface area (TPSA) is 70.5 Å². The highest BCUT2D eigenvalue weighted by molar-refractivity contribution is 6.05. The molecule has 0 saturated carbocycles. The first kappa shape index (κ1) is 13.5. The second-order valence-electron chi connectivity index (χ2n) is 5.31. The number of aliphatic carboxylic acids is 1. The summed E-state index contributed by atoms with van der Waals surface area (Å²) < 4.78 is 0. The van der Waals surface area contributed by atoms with Crippen LogP contribution in [0.2, 0.25) is 0 Å². The Kier molecular flexibility index (Phi) is 3.56. The van der Waals surface area contributed by atoms with Crippen molar-refractivity contribution in [2.75, 3.05) is 13.1 Å². The van der Waals surface area contributed by atoms with Crippen LogP contribution in [0.5, 0.6) is 0 Å². The Labute approximate surface area is 122 Å². The minimum atomic E-state index is -0.835. The number of hydrogen-bond donors (Lipinski definition) is 1. The van der Waals surface area contributed by atoms with Gasteiger partial charge in [0.2, 0.25) is 0 Å². The molecule has 1 fully saturated rings. The van der Waals surface area contributed by atoms with E-state index >= 15 is 0 Å². The van der Waals surface area contributed by atoms with Crippen LogP contribution in [0.15, 0.2) is 36.5 Å². The molecule has 5 heteroatoms.